The molecular weight excluding hydrogens is 468 g/mol. The highest BCUT2D eigenvalue weighted by Crippen LogP contribution is 2.27. The van der Waals surface area contributed by atoms with Gasteiger partial charge in [-0.15, -0.1) is 0 Å². The Hall–Kier alpha value is -2.60. The highest BCUT2D eigenvalue weighted by Gasteiger charge is 2.13. The summed E-state index contributed by atoms with van der Waals surface area (Å²) in [6, 6.07) is 10.5. The number of ether oxygens (including phenoxy) is 6. The molecule has 0 aromatic heterocycles. The summed E-state index contributed by atoms with van der Waals surface area (Å²) in [5.41, 5.74) is 2.81. The van der Waals surface area contributed by atoms with Gasteiger partial charge in [-0.25, -0.2) is 4.98 Å². The molecule has 0 amide bonds. The zero-order chi connectivity index (χ0) is 25.4. The summed E-state index contributed by atoms with van der Waals surface area (Å²) in [6.45, 7) is 6.65. The van der Waals surface area contributed by atoms with E-state index >= 15 is 0 Å². The van der Waals surface area contributed by atoms with E-state index in [2.05, 4.69) is 9.88 Å². The van der Waals surface area contributed by atoms with Crippen LogP contribution in [0.4, 0.5) is 5.69 Å². The molecule has 10 heteroatoms. The highest BCUT2D eigenvalue weighted by molar-refractivity contribution is 5.80. The van der Waals surface area contributed by atoms with Crippen molar-refractivity contribution in [3.05, 3.63) is 46.6 Å². The molecule has 0 radical (unpaired) electrons. The van der Waals surface area contributed by atoms with E-state index in [9.17, 15) is 4.79 Å². The van der Waals surface area contributed by atoms with Gasteiger partial charge in [-0.05, 0) is 24.3 Å². The Morgan fingerprint density at radius 3 is 1.92 bits per heavy atom. The Morgan fingerprint density at radius 2 is 1.31 bits per heavy atom. The number of anilines is 1. The normalized spacial score (nSPS) is 11.5. The molecule has 1 aliphatic heterocycles. The first kappa shape index (κ1) is 28.0. The average Bonchev–Trinajstić information content (AvgIpc) is 2.89. The van der Waals surface area contributed by atoms with Crippen LogP contribution < -0.4 is 10.3 Å². The second kappa shape index (κ2) is 16.2. The average molecular weight is 505 g/mol. The third kappa shape index (κ3) is 9.45. The molecule has 198 valence electrons. The maximum Gasteiger partial charge on any atom is 0.182 e. The van der Waals surface area contributed by atoms with Crippen LogP contribution in [0.2, 0.25) is 0 Å². The van der Waals surface area contributed by atoms with Gasteiger partial charge in [0.15, 0.2) is 16.8 Å². The summed E-state index contributed by atoms with van der Waals surface area (Å²) in [5, 5.41) is 0. The summed E-state index contributed by atoms with van der Waals surface area (Å²) in [5.74, 6) is 0.465. The summed E-state index contributed by atoms with van der Waals surface area (Å²) < 4.78 is 38.3. The van der Waals surface area contributed by atoms with Crippen LogP contribution in [0.25, 0.3) is 22.6 Å². The van der Waals surface area contributed by atoms with Gasteiger partial charge in [-0.1, -0.05) is 0 Å². The van der Waals surface area contributed by atoms with Gasteiger partial charge in [0.1, 0.15) is 11.2 Å². The number of aromatic nitrogens is 1. The topological polar surface area (TPSA) is 102 Å². The molecule has 0 unspecified atom stereocenters. The summed E-state index contributed by atoms with van der Waals surface area (Å²) in [6.07, 6.45) is 0. The van der Waals surface area contributed by atoms with Crippen LogP contribution in [0.15, 0.2) is 45.6 Å². The van der Waals surface area contributed by atoms with E-state index in [0.29, 0.717) is 96.2 Å². The lowest BCUT2D eigenvalue weighted by Gasteiger charge is -2.25. The lowest BCUT2D eigenvalue weighted by Crippen LogP contribution is -2.31. The predicted octanol–water partition coefficient (Wildman–Crippen LogP) is 2.46. The van der Waals surface area contributed by atoms with Crippen LogP contribution in [0, 0.1) is 0 Å². The van der Waals surface area contributed by atoms with Gasteiger partial charge in [0.25, 0.3) is 0 Å². The van der Waals surface area contributed by atoms with Crippen molar-refractivity contribution >= 4 is 16.8 Å². The SMILES string of the molecule is COCCOCCOCCN(CCOCCOCCOC)c1ccc2nc3ccc(=O)cc-3oc2c1. The van der Waals surface area contributed by atoms with Gasteiger partial charge in [-0.3, -0.25) is 4.79 Å². The van der Waals surface area contributed by atoms with Crippen LogP contribution in [0.1, 0.15) is 0 Å². The molecule has 0 atom stereocenters. The number of hydrogen-bond donors (Lipinski definition) is 0. The quantitative estimate of drug-likeness (QED) is 0.179. The Balaban J connectivity index is 1.59. The first-order valence-electron chi connectivity index (χ1n) is 12.1. The maximum atomic E-state index is 11.7. The molecule has 1 aromatic carbocycles. The van der Waals surface area contributed by atoms with E-state index in [1.165, 1.54) is 12.1 Å². The van der Waals surface area contributed by atoms with Gasteiger partial charge in [0.2, 0.25) is 0 Å². The zero-order valence-electron chi connectivity index (χ0n) is 21.1. The lowest BCUT2D eigenvalue weighted by molar-refractivity contribution is 0.0235. The molecule has 0 N–H and O–H groups in total. The minimum Gasteiger partial charge on any atom is -0.453 e. The molecule has 10 nitrogen and oxygen atoms in total. The molecule has 0 saturated carbocycles. The lowest BCUT2D eigenvalue weighted by atomic mass is 10.2. The third-order valence-electron chi connectivity index (χ3n) is 5.32. The number of nitrogens with zero attached hydrogens (tertiary/aromatic N) is 2. The fourth-order valence-electron chi connectivity index (χ4n) is 3.44. The fourth-order valence-corrected chi connectivity index (χ4v) is 3.44. The van der Waals surface area contributed by atoms with Crippen LogP contribution in [0.3, 0.4) is 0 Å². The van der Waals surface area contributed by atoms with Crippen molar-refractivity contribution in [2.24, 2.45) is 0 Å². The Labute approximate surface area is 211 Å². The summed E-state index contributed by atoms with van der Waals surface area (Å²) in [4.78, 5) is 18.5. The second-order valence-corrected chi connectivity index (χ2v) is 7.92. The number of methoxy groups -OCH3 is 2. The first-order valence-corrected chi connectivity index (χ1v) is 12.1. The molecule has 1 aliphatic carbocycles. The Morgan fingerprint density at radius 1 is 0.722 bits per heavy atom. The van der Waals surface area contributed by atoms with Gasteiger partial charge in [-0.2, -0.15) is 0 Å². The molecule has 1 heterocycles. The van der Waals surface area contributed by atoms with Crippen molar-refractivity contribution in [2.75, 3.05) is 98.3 Å². The molecule has 36 heavy (non-hydrogen) atoms. The first-order chi connectivity index (χ1) is 17.7. The van der Waals surface area contributed by atoms with E-state index in [1.54, 1.807) is 20.3 Å². The standard InChI is InChI=1S/C26H36N2O8/c1-30-11-13-34-17-15-32-9-7-28(8-10-33-16-18-35-14-12-31-2)21-3-5-23-25(19-21)36-26-20-22(29)4-6-24(26)27-23/h3-6,19-20H,7-18H2,1-2H3. The molecule has 0 spiro atoms. The molecular formula is C26H36N2O8. The zero-order valence-corrected chi connectivity index (χ0v) is 21.1. The van der Waals surface area contributed by atoms with E-state index < -0.39 is 0 Å². The third-order valence-corrected chi connectivity index (χ3v) is 5.32. The van der Waals surface area contributed by atoms with Gasteiger partial charge >= 0.3 is 0 Å². The number of benzene rings is 2. The van der Waals surface area contributed by atoms with E-state index in [4.69, 9.17) is 32.8 Å². The van der Waals surface area contributed by atoms with Crippen LogP contribution in [-0.4, -0.2) is 98.4 Å². The molecule has 0 fully saturated rings. The molecule has 0 bridgehead atoms. The number of fused-ring (bicyclic) bond motifs is 2. The monoisotopic (exact) mass is 504 g/mol. The number of rotatable bonds is 19. The number of hydrogen-bond acceptors (Lipinski definition) is 10. The van der Waals surface area contributed by atoms with Crippen LogP contribution in [0.5, 0.6) is 0 Å². The van der Waals surface area contributed by atoms with Gasteiger partial charge < -0.3 is 37.7 Å². The van der Waals surface area contributed by atoms with Crippen molar-refractivity contribution in [3.8, 4) is 11.5 Å². The molecule has 0 saturated heterocycles. The maximum absolute atomic E-state index is 11.7. The largest absolute Gasteiger partial charge is 0.453 e. The van der Waals surface area contributed by atoms with Crippen molar-refractivity contribution in [2.45, 2.75) is 0 Å². The predicted molar refractivity (Wildman–Crippen MR) is 136 cm³/mol. The van der Waals surface area contributed by atoms with Crippen LogP contribution >= 0.6 is 0 Å². The van der Waals surface area contributed by atoms with Gasteiger partial charge in [0.05, 0.1) is 66.1 Å². The Kier molecular flexibility index (Phi) is 12.6. The van der Waals surface area contributed by atoms with E-state index in [1.807, 2.05) is 18.2 Å². The smallest absolute Gasteiger partial charge is 0.182 e. The summed E-state index contributed by atoms with van der Waals surface area (Å²) >= 11 is 0. The van der Waals surface area contributed by atoms with E-state index in [0.717, 1.165) is 11.2 Å². The minimum atomic E-state index is -0.114. The van der Waals surface area contributed by atoms with Crippen molar-refractivity contribution in [1.29, 1.82) is 0 Å². The van der Waals surface area contributed by atoms with Crippen molar-refractivity contribution in [1.82, 2.24) is 4.98 Å². The summed E-state index contributed by atoms with van der Waals surface area (Å²) in [7, 11) is 3.29. The van der Waals surface area contributed by atoms with Gasteiger partial charge in [0, 0.05) is 45.1 Å². The van der Waals surface area contributed by atoms with Crippen molar-refractivity contribution in [3.63, 3.8) is 0 Å². The fraction of sp³-hybridized carbons (Fsp3) is 0.538. The van der Waals surface area contributed by atoms with Crippen LogP contribution in [-0.2, 0) is 28.4 Å². The second-order valence-electron chi connectivity index (χ2n) is 7.92. The van der Waals surface area contributed by atoms with E-state index in [-0.39, 0.29) is 5.43 Å². The molecule has 1 aromatic rings. The Bertz CT molecular complexity index is 1020. The van der Waals surface area contributed by atoms with Crippen molar-refractivity contribution < 1.29 is 32.8 Å². The minimum absolute atomic E-state index is 0.114. The molecule has 3 rings (SSSR count). The molecule has 2 aliphatic rings. The highest BCUT2D eigenvalue weighted by atomic mass is 16.5.